The van der Waals surface area contributed by atoms with Crippen molar-refractivity contribution in [3.05, 3.63) is 35.9 Å². The first-order valence-electron chi connectivity index (χ1n) is 6.64. The summed E-state index contributed by atoms with van der Waals surface area (Å²) in [6, 6.07) is 9.60. The van der Waals surface area contributed by atoms with Crippen LogP contribution in [0.2, 0.25) is 0 Å². The SMILES string of the molecule is C#CCCCCC(=O)NC(CO)Cc1ccccc1. The van der Waals surface area contributed by atoms with Crippen LogP contribution in [0.25, 0.3) is 0 Å². The Morgan fingerprint density at radius 1 is 1.32 bits per heavy atom. The topological polar surface area (TPSA) is 49.3 Å². The van der Waals surface area contributed by atoms with Gasteiger partial charge in [-0.3, -0.25) is 4.79 Å². The van der Waals surface area contributed by atoms with Gasteiger partial charge in [0.2, 0.25) is 5.91 Å². The molecule has 1 unspecified atom stereocenters. The van der Waals surface area contributed by atoms with Crippen LogP contribution in [-0.2, 0) is 11.2 Å². The molecule has 1 rings (SSSR count). The maximum atomic E-state index is 11.7. The molecule has 0 heterocycles. The third-order valence-corrected chi connectivity index (χ3v) is 2.89. The van der Waals surface area contributed by atoms with Crippen molar-refractivity contribution in [3.8, 4) is 12.3 Å². The minimum atomic E-state index is -0.220. The molecule has 19 heavy (non-hydrogen) atoms. The number of aliphatic hydroxyl groups is 1. The summed E-state index contributed by atoms with van der Waals surface area (Å²) in [5, 5.41) is 12.2. The van der Waals surface area contributed by atoms with E-state index >= 15 is 0 Å². The van der Waals surface area contributed by atoms with Crippen LogP contribution in [0.3, 0.4) is 0 Å². The molecule has 0 aliphatic rings. The number of aliphatic hydroxyl groups excluding tert-OH is 1. The second-order valence-electron chi connectivity index (χ2n) is 4.55. The van der Waals surface area contributed by atoms with Gasteiger partial charge in [-0.15, -0.1) is 12.3 Å². The second kappa shape index (κ2) is 9.18. The molecule has 0 aliphatic carbocycles. The normalized spacial score (nSPS) is 11.6. The largest absolute Gasteiger partial charge is 0.394 e. The van der Waals surface area contributed by atoms with E-state index in [-0.39, 0.29) is 18.6 Å². The van der Waals surface area contributed by atoms with E-state index in [1.165, 1.54) is 0 Å². The fourth-order valence-electron chi connectivity index (χ4n) is 1.87. The number of carbonyl (C=O) groups is 1. The van der Waals surface area contributed by atoms with Gasteiger partial charge in [0.1, 0.15) is 0 Å². The fraction of sp³-hybridized carbons (Fsp3) is 0.438. The number of unbranched alkanes of at least 4 members (excludes halogenated alkanes) is 2. The van der Waals surface area contributed by atoms with Crippen LogP contribution in [0.15, 0.2) is 30.3 Å². The molecule has 1 atom stereocenters. The Morgan fingerprint density at radius 3 is 2.68 bits per heavy atom. The van der Waals surface area contributed by atoms with Crippen molar-refractivity contribution in [2.24, 2.45) is 0 Å². The summed E-state index contributed by atoms with van der Waals surface area (Å²) in [5.74, 6) is 2.53. The zero-order chi connectivity index (χ0) is 13.9. The predicted molar refractivity (Wildman–Crippen MR) is 76.5 cm³/mol. The summed E-state index contributed by atoms with van der Waals surface area (Å²) in [5.41, 5.74) is 1.11. The molecule has 1 aromatic carbocycles. The lowest BCUT2D eigenvalue weighted by molar-refractivity contribution is -0.122. The third kappa shape index (κ3) is 6.64. The van der Waals surface area contributed by atoms with Crippen LogP contribution in [0.5, 0.6) is 0 Å². The van der Waals surface area contributed by atoms with Crippen molar-refractivity contribution >= 4 is 5.91 Å². The summed E-state index contributed by atoms with van der Waals surface area (Å²) in [6.45, 7) is -0.0506. The molecule has 0 fully saturated rings. The lowest BCUT2D eigenvalue weighted by Gasteiger charge is -2.16. The predicted octanol–water partition coefficient (Wildman–Crippen LogP) is 1.90. The molecule has 102 valence electrons. The second-order valence-corrected chi connectivity index (χ2v) is 4.55. The van der Waals surface area contributed by atoms with E-state index in [2.05, 4.69) is 11.2 Å². The number of rotatable bonds is 8. The highest BCUT2D eigenvalue weighted by Crippen LogP contribution is 2.04. The van der Waals surface area contributed by atoms with E-state index in [1.807, 2.05) is 30.3 Å². The van der Waals surface area contributed by atoms with Gasteiger partial charge < -0.3 is 10.4 Å². The monoisotopic (exact) mass is 259 g/mol. The summed E-state index contributed by atoms with van der Waals surface area (Å²) in [6.07, 6.45) is 8.63. The Morgan fingerprint density at radius 2 is 2.05 bits per heavy atom. The Bertz CT molecular complexity index is 409. The molecule has 0 radical (unpaired) electrons. The van der Waals surface area contributed by atoms with Gasteiger partial charge in [-0.25, -0.2) is 0 Å². The van der Waals surface area contributed by atoms with Gasteiger partial charge in [0.15, 0.2) is 0 Å². The van der Waals surface area contributed by atoms with Crippen LogP contribution < -0.4 is 5.32 Å². The molecule has 0 aromatic heterocycles. The van der Waals surface area contributed by atoms with E-state index in [9.17, 15) is 9.90 Å². The maximum Gasteiger partial charge on any atom is 0.220 e. The van der Waals surface area contributed by atoms with Crippen molar-refractivity contribution in [2.75, 3.05) is 6.61 Å². The Kier molecular flexibility index (Phi) is 7.38. The van der Waals surface area contributed by atoms with Crippen LogP contribution >= 0.6 is 0 Å². The highest BCUT2D eigenvalue weighted by atomic mass is 16.3. The van der Waals surface area contributed by atoms with E-state index in [0.29, 0.717) is 19.3 Å². The number of hydrogen-bond acceptors (Lipinski definition) is 2. The summed E-state index contributed by atoms with van der Waals surface area (Å²) < 4.78 is 0. The van der Waals surface area contributed by atoms with Crippen molar-refractivity contribution in [2.45, 2.75) is 38.1 Å². The summed E-state index contributed by atoms with van der Waals surface area (Å²) in [7, 11) is 0. The summed E-state index contributed by atoms with van der Waals surface area (Å²) >= 11 is 0. The zero-order valence-corrected chi connectivity index (χ0v) is 11.1. The highest BCUT2D eigenvalue weighted by Gasteiger charge is 2.11. The highest BCUT2D eigenvalue weighted by molar-refractivity contribution is 5.76. The quantitative estimate of drug-likeness (QED) is 0.553. The van der Waals surface area contributed by atoms with Gasteiger partial charge in [0.25, 0.3) is 0 Å². The van der Waals surface area contributed by atoms with Gasteiger partial charge in [-0.1, -0.05) is 30.3 Å². The average molecular weight is 259 g/mol. The van der Waals surface area contributed by atoms with Gasteiger partial charge in [0, 0.05) is 12.8 Å². The molecule has 2 N–H and O–H groups in total. The molecule has 1 amide bonds. The number of terminal acetylenes is 1. The maximum absolute atomic E-state index is 11.7. The van der Waals surface area contributed by atoms with Gasteiger partial charge >= 0.3 is 0 Å². The molecule has 0 bridgehead atoms. The fourth-order valence-corrected chi connectivity index (χ4v) is 1.87. The van der Waals surface area contributed by atoms with E-state index < -0.39 is 0 Å². The standard InChI is InChI=1S/C16H21NO2/c1-2-3-4-8-11-16(19)17-15(13-18)12-14-9-6-5-7-10-14/h1,5-7,9-10,15,18H,3-4,8,11-13H2,(H,17,19). The molecular weight excluding hydrogens is 238 g/mol. The van der Waals surface area contributed by atoms with Crippen LogP contribution in [0, 0.1) is 12.3 Å². The van der Waals surface area contributed by atoms with Gasteiger partial charge in [0.05, 0.1) is 12.6 Å². The molecule has 1 aromatic rings. The molecular formula is C16H21NO2. The van der Waals surface area contributed by atoms with Crippen molar-refractivity contribution < 1.29 is 9.90 Å². The molecule has 3 heteroatoms. The lowest BCUT2D eigenvalue weighted by Crippen LogP contribution is -2.38. The lowest BCUT2D eigenvalue weighted by atomic mass is 10.1. The Hall–Kier alpha value is -1.79. The van der Waals surface area contributed by atoms with E-state index in [1.54, 1.807) is 0 Å². The zero-order valence-electron chi connectivity index (χ0n) is 11.1. The van der Waals surface area contributed by atoms with Gasteiger partial charge in [-0.2, -0.15) is 0 Å². The van der Waals surface area contributed by atoms with Crippen LogP contribution in [-0.4, -0.2) is 23.7 Å². The third-order valence-electron chi connectivity index (χ3n) is 2.89. The first-order valence-corrected chi connectivity index (χ1v) is 6.64. The van der Waals surface area contributed by atoms with Crippen LogP contribution in [0.4, 0.5) is 0 Å². The number of nitrogens with one attached hydrogen (secondary N) is 1. The minimum Gasteiger partial charge on any atom is -0.394 e. The van der Waals surface area contributed by atoms with Crippen LogP contribution in [0.1, 0.15) is 31.2 Å². The first-order chi connectivity index (χ1) is 9.26. The molecule has 0 aliphatic heterocycles. The van der Waals surface area contributed by atoms with Gasteiger partial charge in [-0.05, 0) is 24.8 Å². The molecule has 0 spiro atoms. The number of benzene rings is 1. The smallest absolute Gasteiger partial charge is 0.220 e. The van der Waals surface area contributed by atoms with Crippen molar-refractivity contribution in [1.82, 2.24) is 5.32 Å². The molecule has 0 saturated heterocycles. The minimum absolute atomic E-state index is 0.0213. The number of hydrogen-bond donors (Lipinski definition) is 2. The first kappa shape index (κ1) is 15.3. The Balaban J connectivity index is 2.32. The number of carbonyl (C=O) groups excluding carboxylic acids is 1. The summed E-state index contributed by atoms with van der Waals surface area (Å²) in [4.78, 5) is 11.7. The molecule has 3 nitrogen and oxygen atoms in total. The van der Waals surface area contributed by atoms with E-state index in [4.69, 9.17) is 6.42 Å². The number of amides is 1. The Labute approximate surface area is 115 Å². The molecule has 0 saturated carbocycles. The van der Waals surface area contributed by atoms with E-state index in [0.717, 1.165) is 18.4 Å². The average Bonchev–Trinajstić information content (AvgIpc) is 2.44. The van der Waals surface area contributed by atoms with Crippen molar-refractivity contribution in [3.63, 3.8) is 0 Å². The van der Waals surface area contributed by atoms with Crippen molar-refractivity contribution in [1.29, 1.82) is 0 Å².